The average molecular weight is 407 g/mol. The largest absolute Gasteiger partial charge is 0.368 e. The number of rotatable bonds is 6. The highest BCUT2D eigenvalue weighted by atomic mass is 32.2. The third kappa shape index (κ3) is 4.37. The molecule has 1 atom stereocenters. The summed E-state index contributed by atoms with van der Waals surface area (Å²) in [5.74, 6) is 0. The summed E-state index contributed by atoms with van der Waals surface area (Å²) >= 11 is 0. The zero-order valence-electron chi connectivity index (χ0n) is 15.6. The molecule has 1 saturated heterocycles. The minimum Gasteiger partial charge on any atom is -0.368 e. The van der Waals surface area contributed by atoms with Gasteiger partial charge < -0.3 is 9.64 Å². The third-order valence-electron chi connectivity index (χ3n) is 4.23. The molecule has 1 aromatic heterocycles. The number of benzene rings is 1. The Morgan fingerprint density at radius 3 is 2.82 bits per heavy atom. The first-order valence-electron chi connectivity index (χ1n) is 8.69. The van der Waals surface area contributed by atoms with Gasteiger partial charge in [0, 0.05) is 50.2 Å². The van der Waals surface area contributed by atoms with Gasteiger partial charge >= 0.3 is 0 Å². The van der Waals surface area contributed by atoms with Crippen LogP contribution in [0.3, 0.4) is 0 Å². The van der Waals surface area contributed by atoms with Gasteiger partial charge in [0.2, 0.25) is 0 Å². The molecule has 3 rings (SSSR count). The summed E-state index contributed by atoms with van der Waals surface area (Å²) in [6.07, 6.45) is 6.99. The van der Waals surface area contributed by atoms with Gasteiger partial charge in [-0.1, -0.05) is 0 Å². The highest BCUT2D eigenvalue weighted by molar-refractivity contribution is 7.90. The molecule has 0 aliphatic carbocycles. The van der Waals surface area contributed by atoms with Crippen LogP contribution in [0.1, 0.15) is 25.5 Å². The first-order valence-corrected chi connectivity index (χ1v) is 10.1. The number of sulfonamides is 1. The average Bonchev–Trinajstić information content (AvgIpc) is 3.17. The predicted molar refractivity (Wildman–Crippen MR) is 103 cm³/mol. The Bertz CT molecular complexity index is 993. The van der Waals surface area contributed by atoms with Gasteiger partial charge in [-0.15, -0.1) is 4.40 Å². The van der Waals surface area contributed by atoms with Gasteiger partial charge in [-0.2, -0.15) is 13.5 Å². The maximum Gasteiger partial charge on any atom is 0.284 e. The topological polar surface area (TPSA) is 120 Å². The molecule has 28 heavy (non-hydrogen) atoms. The summed E-state index contributed by atoms with van der Waals surface area (Å²) in [5, 5.41) is 15.4. The molecule has 11 heteroatoms. The molecule has 0 N–H and O–H groups in total. The smallest absolute Gasteiger partial charge is 0.284 e. The Labute approximate surface area is 162 Å². The number of aromatic nitrogens is 2. The van der Waals surface area contributed by atoms with Gasteiger partial charge in [0.15, 0.2) is 0 Å². The fourth-order valence-electron chi connectivity index (χ4n) is 2.86. The zero-order chi connectivity index (χ0) is 20.3. The van der Waals surface area contributed by atoms with Crippen molar-refractivity contribution in [1.29, 1.82) is 0 Å². The van der Waals surface area contributed by atoms with Crippen LogP contribution in [-0.4, -0.2) is 55.1 Å². The highest BCUT2D eigenvalue weighted by Crippen LogP contribution is 2.33. The second-order valence-electron chi connectivity index (χ2n) is 6.63. The molecule has 0 spiro atoms. The molecule has 0 radical (unpaired) electrons. The summed E-state index contributed by atoms with van der Waals surface area (Å²) in [7, 11) is -0.898. The van der Waals surface area contributed by atoms with Crippen LogP contribution in [0.25, 0.3) is 11.1 Å². The van der Waals surface area contributed by atoms with Crippen molar-refractivity contribution >= 4 is 22.0 Å². The maximum atomic E-state index is 12.7. The monoisotopic (exact) mass is 407 g/mol. The van der Waals surface area contributed by atoms with Crippen LogP contribution in [-0.2, 0) is 14.8 Å². The second-order valence-corrected chi connectivity index (χ2v) is 8.23. The Balaban J connectivity index is 2.05. The number of nitrogens with zero attached hydrogens (tertiary/aromatic N) is 5. The van der Waals surface area contributed by atoms with E-state index in [1.807, 2.05) is 0 Å². The SMILES string of the molecule is CN(C)/C=N/S(=O)(=O)c1cc([N+](=O)[O-])ccc1-c1cnn(C2CCCCO2)c1. The van der Waals surface area contributed by atoms with Crippen molar-refractivity contribution in [1.82, 2.24) is 14.7 Å². The minimum atomic E-state index is -4.15. The van der Waals surface area contributed by atoms with Crippen molar-refractivity contribution in [2.45, 2.75) is 30.4 Å². The molecule has 1 aromatic carbocycles. The van der Waals surface area contributed by atoms with E-state index in [0.717, 1.165) is 31.7 Å². The predicted octanol–water partition coefficient (Wildman–Crippen LogP) is 2.44. The lowest BCUT2D eigenvalue weighted by molar-refractivity contribution is -0.385. The van der Waals surface area contributed by atoms with Gasteiger partial charge in [-0.25, -0.2) is 4.68 Å². The van der Waals surface area contributed by atoms with Crippen molar-refractivity contribution in [3.8, 4) is 11.1 Å². The zero-order valence-corrected chi connectivity index (χ0v) is 16.4. The Morgan fingerprint density at radius 2 is 2.18 bits per heavy atom. The number of non-ortho nitro benzene ring substituents is 1. The molecule has 0 saturated carbocycles. The van der Waals surface area contributed by atoms with Crippen molar-refractivity contribution in [2.24, 2.45) is 4.40 Å². The van der Waals surface area contributed by atoms with Crippen LogP contribution < -0.4 is 0 Å². The van der Waals surface area contributed by atoms with E-state index in [1.54, 1.807) is 25.0 Å². The normalized spacial score (nSPS) is 17.7. The number of hydrogen-bond acceptors (Lipinski definition) is 6. The van der Waals surface area contributed by atoms with Crippen LogP contribution in [0.15, 0.2) is 39.9 Å². The minimum absolute atomic E-state index is 0.202. The van der Waals surface area contributed by atoms with Crippen LogP contribution in [0.5, 0.6) is 0 Å². The highest BCUT2D eigenvalue weighted by Gasteiger charge is 2.24. The molecular weight excluding hydrogens is 386 g/mol. The Hall–Kier alpha value is -2.79. The van der Waals surface area contributed by atoms with E-state index in [0.29, 0.717) is 17.7 Å². The summed E-state index contributed by atoms with van der Waals surface area (Å²) in [4.78, 5) is 11.7. The first kappa shape index (κ1) is 20.0. The molecule has 1 fully saturated rings. The molecule has 0 bridgehead atoms. The van der Waals surface area contributed by atoms with E-state index in [2.05, 4.69) is 9.50 Å². The van der Waals surface area contributed by atoms with Crippen LogP contribution in [0.2, 0.25) is 0 Å². The summed E-state index contributed by atoms with van der Waals surface area (Å²) < 4.78 is 36.4. The van der Waals surface area contributed by atoms with E-state index in [9.17, 15) is 18.5 Å². The van der Waals surface area contributed by atoms with E-state index in [-0.39, 0.29) is 16.8 Å². The van der Waals surface area contributed by atoms with Crippen LogP contribution in [0.4, 0.5) is 5.69 Å². The van der Waals surface area contributed by atoms with Crippen molar-refractivity contribution in [3.63, 3.8) is 0 Å². The van der Waals surface area contributed by atoms with E-state index < -0.39 is 14.9 Å². The van der Waals surface area contributed by atoms with Gasteiger partial charge in [-0.3, -0.25) is 10.1 Å². The quantitative estimate of drug-likeness (QED) is 0.312. The fourth-order valence-corrected chi connectivity index (χ4v) is 4.02. The molecule has 10 nitrogen and oxygen atoms in total. The Morgan fingerprint density at radius 1 is 1.39 bits per heavy atom. The van der Waals surface area contributed by atoms with E-state index in [4.69, 9.17) is 4.74 Å². The maximum absolute atomic E-state index is 12.7. The Kier molecular flexibility index (Phi) is 5.75. The van der Waals surface area contributed by atoms with Gasteiger partial charge in [0.25, 0.3) is 15.7 Å². The molecule has 150 valence electrons. The first-order chi connectivity index (χ1) is 13.3. The van der Waals surface area contributed by atoms with Crippen LogP contribution >= 0.6 is 0 Å². The van der Waals surface area contributed by atoms with Gasteiger partial charge in [-0.05, 0) is 25.3 Å². The van der Waals surface area contributed by atoms with Crippen molar-refractivity contribution < 1.29 is 18.1 Å². The lowest BCUT2D eigenvalue weighted by Crippen LogP contribution is -2.18. The lowest BCUT2D eigenvalue weighted by Gasteiger charge is -2.22. The summed E-state index contributed by atoms with van der Waals surface area (Å²) in [5.41, 5.74) is 0.483. The lowest BCUT2D eigenvalue weighted by atomic mass is 10.1. The number of hydrogen-bond donors (Lipinski definition) is 0. The van der Waals surface area contributed by atoms with Crippen molar-refractivity contribution in [2.75, 3.05) is 20.7 Å². The van der Waals surface area contributed by atoms with Crippen LogP contribution in [0, 0.1) is 10.1 Å². The fraction of sp³-hybridized carbons (Fsp3) is 0.412. The number of nitro groups is 1. The molecular formula is C17H21N5O5S. The van der Waals surface area contributed by atoms with E-state index >= 15 is 0 Å². The summed E-state index contributed by atoms with van der Waals surface area (Å²) in [6, 6.07) is 3.68. The molecule has 2 heterocycles. The number of nitro benzene ring substituents is 1. The second kappa shape index (κ2) is 8.07. The molecule has 1 unspecified atom stereocenters. The standard InChI is InChI=1S/C17H21N5O5S/c1-20(2)12-19-28(25,26)16-9-14(22(23)24)6-7-15(16)13-10-18-21(11-13)17-5-3-4-8-27-17/h6-7,9-12,17H,3-5,8H2,1-2H3/b19-12+. The van der Waals surface area contributed by atoms with Gasteiger partial charge in [0.1, 0.15) is 17.5 Å². The molecule has 1 aliphatic heterocycles. The third-order valence-corrected chi connectivity index (χ3v) is 5.50. The molecule has 1 aliphatic rings. The van der Waals surface area contributed by atoms with Crippen molar-refractivity contribution in [3.05, 3.63) is 40.7 Å². The van der Waals surface area contributed by atoms with Gasteiger partial charge in [0.05, 0.1) is 11.1 Å². The molecule has 0 amide bonds. The molecule has 2 aromatic rings. The summed E-state index contributed by atoms with van der Waals surface area (Å²) in [6.45, 7) is 0.649. The van der Waals surface area contributed by atoms with E-state index in [1.165, 1.54) is 23.2 Å². The number of ether oxygens (including phenoxy) is 1.